The van der Waals surface area contributed by atoms with Gasteiger partial charge in [0.05, 0.1) is 5.39 Å². The van der Waals surface area contributed by atoms with Gasteiger partial charge in [0.25, 0.3) is 0 Å². The van der Waals surface area contributed by atoms with Crippen molar-refractivity contribution in [2.75, 3.05) is 0 Å². The van der Waals surface area contributed by atoms with Gasteiger partial charge in [0.1, 0.15) is 11.6 Å². The number of aromatic hydroxyl groups is 1. The minimum absolute atomic E-state index is 0.232. The molecule has 78 valence electrons. The lowest BCUT2D eigenvalue weighted by Gasteiger charge is -2.04. The molecule has 0 fully saturated rings. The summed E-state index contributed by atoms with van der Waals surface area (Å²) in [5.41, 5.74) is 0. The maximum atomic E-state index is 13.1. The lowest BCUT2D eigenvalue weighted by molar-refractivity contribution is 0.449. The normalized spacial score (nSPS) is 10.9. The van der Waals surface area contributed by atoms with Crippen LogP contribution in [-0.2, 0) is 0 Å². The van der Waals surface area contributed by atoms with E-state index in [1.165, 1.54) is 0 Å². The molecule has 0 radical (unpaired) electrons. The number of rotatable bonds is 0. The topological polar surface area (TPSA) is 20.2 Å². The number of halogens is 4. The number of benzene rings is 2. The quantitative estimate of drug-likeness (QED) is 0.530. The molecule has 0 aliphatic heterocycles. The molecular weight excluding hydrogens is 212 g/mol. The van der Waals surface area contributed by atoms with Gasteiger partial charge in [-0.2, -0.15) is 0 Å². The molecule has 2 aromatic carbocycles. The van der Waals surface area contributed by atoms with Gasteiger partial charge in [-0.05, 0) is 17.5 Å². The van der Waals surface area contributed by atoms with Crippen LogP contribution in [0, 0.1) is 23.3 Å². The molecular formula is C10H4F4O. The van der Waals surface area contributed by atoms with E-state index >= 15 is 0 Å². The summed E-state index contributed by atoms with van der Waals surface area (Å²) in [4.78, 5) is 0. The van der Waals surface area contributed by atoms with Crippen molar-refractivity contribution in [1.82, 2.24) is 0 Å². The second kappa shape index (κ2) is 3.12. The summed E-state index contributed by atoms with van der Waals surface area (Å²) in [7, 11) is 0. The van der Waals surface area contributed by atoms with Gasteiger partial charge in [-0.3, -0.25) is 0 Å². The molecule has 0 heterocycles. The van der Waals surface area contributed by atoms with E-state index in [0.717, 1.165) is 6.07 Å². The van der Waals surface area contributed by atoms with Crippen LogP contribution in [0.2, 0.25) is 0 Å². The molecule has 15 heavy (non-hydrogen) atoms. The van der Waals surface area contributed by atoms with Crippen LogP contribution in [0.5, 0.6) is 5.75 Å². The fraction of sp³-hybridized carbons (Fsp3) is 0. The Hall–Kier alpha value is -1.78. The molecule has 0 aromatic heterocycles. The van der Waals surface area contributed by atoms with E-state index in [2.05, 4.69) is 0 Å². The van der Waals surface area contributed by atoms with Crippen LogP contribution in [0.1, 0.15) is 0 Å². The Morgan fingerprint density at radius 2 is 1.47 bits per heavy atom. The van der Waals surface area contributed by atoms with Crippen LogP contribution in [0.25, 0.3) is 10.8 Å². The maximum absolute atomic E-state index is 13.1. The van der Waals surface area contributed by atoms with Crippen molar-refractivity contribution in [3.63, 3.8) is 0 Å². The first kappa shape index (κ1) is 9.76. The van der Waals surface area contributed by atoms with Crippen molar-refractivity contribution in [3.05, 3.63) is 41.5 Å². The Labute approximate surface area is 81.6 Å². The maximum Gasteiger partial charge on any atom is 0.195 e. The predicted molar refractivity (Wildman–Crippen MR) is 45.4 cm³/mol. The van der Waals surface area contributed by atoms with Crippen LogP contribution in [0.3, 0.4) is 0 Å². The van der Waals surface area contributed by atoms with Gasteiger partial charge in [0.15, 0.2) is 17.5 Å². The molecule has 0 amide bonds. The number of phenolic OH excluding ortho intramolecular Hbond substituents is 1. The van der Waals surface area contributed by atoms with E-state index in [0.29, 0.717) is 12.1 Å². The first-order chi connectivity index (χ1) is 7.00. The van der Waals surface area contributed by atoms with E-state index < -0.39 is 34.4 Å². The van der Waals surface area contributed by atoms with E-state index in [-0.39, 0.29) is 5.39 Å². The molecule has 0 saturated carbocycles. The molecule has 0 aliphatic carbocycles. The Balaban J connectivity index is 2.99. The third kappa shape index (κ3) is 1.40. The van der Waals surface area contributed by atoms with Crippen molar-refractivity contribution < 1.29 is 22.7 Å². The smallest absolute Gasteiger partial charge is 0.195 e. The largest absolute Gasteiger partial charge is 0.508 e. The fourth-order valence-electron chi connectivity index (χ4n) is 1.37. The summed E-state index contributed by atoms with van der Waals surface area (Å²) < 4.78 is 51.8. The Morgan fingerprint density at radius 3 is 2.13 bits per heavy atom. The minimum Gasteiger partial charge on any atom is -0.508 e. The van der Waals surface area contributed by atoms with Gasteiger partial charge < -0.3 is 5.11 Å². The summed E-state index contributed by atoms with van der Waals surface area (Å²) in [5, 5.41) is 8.08. The summed E-state index contributed by atoms with van der Waals surface area (Å²) in [6, 6.07) is 2.20. The summed E-state index contributed by atoms with van der Waals surface area (Å²) in [5.74, 6) is -6.37. The minimum atomic E-state index is -1.73. The van der Waals surface area contributed by atoms with Gasteiger partial charge in [0.2, 0.25) is 0 Å². The molecule has 5 heteroatoms. The van der Waals surface area contributed by atoms with Gasteiger partial charge in [-0.15, -0.1) is 0 Å². The Bertz CT molecular complexity index is 551. The van der Waals surface area contributed by atoms with Crippen LogP contribution >= 0.6 is 0 Å². The average molecular weight is 216 g/mol. The van der Waals surface area contributed by atoms with Crippen molar-refractivity contribution in [2.24, 2.45) is 0 Å². The number of phenols is 1. The summed E-state index contributed by atoms with van der Waals surface area (Å²) in [6.07, 6.45) is 0. The van der Waals surface area contributed by atoms with Gasteiger partial charge >= 0.3 is 0 Å². The highest BCUT2D eigenvalue weighted by Gasteiger charge is 2.17. The number of fused-ring (bicyclic) bond motifs is 1. The fourth-order valence-corrected chi connectivity index (χ4v) is 1.37. The second-order valence-electron chi connectivity index (χ2n) is 3.01. The Morgan fingerprint density at radius 1 is 0.800 bits per heavy atom. The highest BCUT2D eigenvalue weighted by Crippen LogP contribution is 2.28. The molecule has 2 rings (SSSR count). The van der Waals surface area contributed by atoms with Gasteiger partial charge in [0, 0.05) is 6.07 Å². The van der Waals surface area contributed by atoms with Crippen molar-refractivity contribution in [1.29, 1.82) is 0 Å². The molecule has 0 saturated heterocycles. The Kier molecular flexibility index (Phi) is 2.03. The van der Waals surface area contributed by atoms with E-state index in [4.69, 9.17) is 5.11 Å². The van der Waals surface area contributed by atoms with E-state index in [9.17, 15) is 17.6 Å². The van der Waals surface area contributed by atoms with Crippen LogP contribution < -0.4 is 0 Å². The lowest BCUT2D eigenvalue weighted by atomic mass is 10.1. The third-order valence-corrected chi connectivity index (χ3v) is 2.01. The molecule has 2 aromatic rings. The third-order valence-electron chi connectivity index (χ3n) is 2.01. The monoisotopic (exact) mass is 216 g/mol. The second-order valence-corrected chi connectivity index (χ2v) is 3.01. The van der Waals surface area contributed by atoms with Crippen LogP contribution in [0.4, 0.5) is 17.6 Å². The first-order valence-electron chi connectivity index (χ1n) is 3.96. The SMILES string of the molecule is Oc1cc(F)c2c(F)c(F)c(F)cc2c1. The predicted octanol–water partition coefficient (Wildman–Crippen LogP) is 3.10. The molecule has 1 nitrogen and oxygen atoms in total. The highest BCUT2D eigenvalue weighted by molar-refractivity contribution is 5.85. The number of hydrogen-bond acceptors (Lipinski definition) is 1. The standard InChI is InChI=1S/C10H4F4O/c11-6-3-5(15)1-4-2-7(12)9(13)10(14)8(4)6/h1-3,15H. The zero-order valence-corrected chi connectivity index (χ0v) is 7.19. The summed E-state index contributed by atoms with van der Waals surface area (Å²) in [6.45, 7) is 0. The molecule has 0 unspecified atom stereocenters. The van der Waals surface area contributed by atoms with Gasteiger partial charge in [-0.1, -0.05) is 0 Å². The van der Waals surface area contributed by atoms with Crippen LogP contribution in [-0.4, -0.2) is 5.11 Å². The molecule has 0 atom stereocenters. The zero-order chi connectivity index (χ0) is 11.2. The molecule has 0 bridgehead atoms. The van der Waals surface area contributed by atoms with E-state index in [1.54, 1.807) is 0 Å². The van der Waals surface area contributed by atoms with Gasteiger partial charge in [-0.25, -0.2) is 17.6 Å². The molecule has 0 spiro atoms. The van der Waals surface area contributed by atoms with Crippen LogP contribution in [0.15, 0.2) is 18.2 Å². The molecule has 0 aliphatic rings. The van der Waals surface area contributed by atoms with E-state index in [1.807, 2.05) is 0 Å². The average Bonchev–Trinajstić information content (AvgIpc) is 2.13. The molecule has 1 N–H and O–H groups in total. The zero-order valence-electron chi connectivity index (χ0n) is 7.19. The number of hydrogen-bond donors (Lipinski definition) is 1. The lowest BCUT2D eigenvalue weighted by Crippen LogP contribution is -1.94. The highest BCUT2D eigenvalue weighted by atomic mass is 19.2. The van der Waals surface area contributed by atoms with Crippen molar-refractivity contribution in [2.45, 2.75) is 0 Å². The van der Waals surface area contributed by atoms with Crippen molar-refractivity contribution >= 4 is 10.8 Å². The first-order valence-corrected chi connectivity index (χ1v) is 3.96. The summed E-state index contributed by atoms with van der Waals surface area (Å²) >= 11 is 0. The van der Waals surface area contributed by atoms with Crippen molar-refractivity contribution in [3.8, 4) is 5.75 Å².